The Kier molecular flexibility index (Phi) is 3.18. The van der Waals surface area contributed by atoms with E-state index in [0.717, 1.165) is 12.8 Å². The molecular weight excluding hydrogens is 248 g/mol. The molecule has 0 spiro atoms. The van der Waals surface area contributed by atoms with Crippen LogP contribution >= 0.6 is 0 Å². The number of rotatable bonds is 2. The van der Waals surface area contributed by atoms with E-state index in [1.165, 1.54) is 11.1 Å². The van der Waals surface area contributed by atoms with Gasteiger partial charge < -0.3 is 10.6 Å². The number of carbonyl (C=O) groups is 1. The third-order valence-corrected chi connectivity index (χ3v) is 4.08. The van der Waals surface area contributed by atoms with E-state index in [9.17, 15) is 4.79 Å². The lowest BCUT2D eigenvalue weighted by molar-refractivity contribution is 0.0731. The maximum Gasteiger partial charge on any atom is 0.256 e. The monoisotopic (exact) mass is 266 g/mol. The molecule has 0 aromatic heterocycles. The van der Waals surface area contributed by atoms with Gasteiger partial charge in [-0.25, -0.2) is 0 Å². The number of nitrogens with two attached hydrogens (primary N) is 1. The third-order valence-electron chi connectivity index (χ3n) is 4.08. The SMILES string of the molecule is CN(C(=O)c1ccccc1N)C1CCc2ccccc21. The number of benzene rings is 2. The highest BCUT2D eigenvalue weighted by Gasteiger charge is 2.29. The number of hydrogen-bond donors (Lipinski definition) is 1. The second kappa shape index (κ2) is 5.00. The van der Waals surface area contributed by atoms with Crippen LogP contribution in [-0.2, 0) is 6.42 Å². The molecule has 2 aromatic rings. The van der Waals surface area contributed by atoms with Crippen molar-refractivity contribution in [1.82, 2.24) is 4.90 Å². The Morgan fingerprint density at radius 1 is 1.15 bits per heavy atom. The quantitative estimate of drug-likeness (QED) is 0.849. The molecule has 1 atom stereocenters. The van der Waals surface area contributed by atoms with Gasteiger partial charge in [0.05, 0.1) is 11.6 Å². The molecule has 0 heterocycles. The van der Waals surface area contributed by atoms with Gasteiger partial charge in [0.15, 0.2) is 0 Å². The summed E-state index contributed by atoms with van der Waals surface area (Å²) in [4.78, 5) is 14.4. The van der Waals surface area contributed by atoms with Crippen LogP contribution < -0.4 is 5.73 Å². The van der Waals surface area contributed by atoms with Crippen LogP contribution in [0.15, 0.2) is 48.5 Å². The van der Waals surface area contributed by atoms with E-state index in [1.807, 2.05) is 30.1 Å². The minimum Gasteiger partial charge on any atom is -0.398 e. The van der Waals surface area contributed by atoms with Crippen LogP contribution in [0.1, 0.15) is 33.9 Å². The first-order valence-corrected chi connectivity index (χ1v) is 6.88. The molecule has 1 amide bonds. The van der Waals surface area contributed by atoms with Crippen molar-refractivity contribution in [3.05, 3.63) is 65.2 Å². The zero-order valence-corrected chi connectivity index (χ0v) is 11.5. The van der Waals surface area contributed by atoms with E-state index in [2.05, 4.69) is 18.2 Å². The molecule has 0 saturated carbocycles. The summed E-state index contributed by atoms with van der Waals surface area (Å²) < 4.78 is 0. The number of hydrogen-bond acceptors (Lipinski definition) is 2. The van der Waals surface area contributed by atoms with Crippen LogP contribution in [0.3, 0.4) is 0 Å². The van der Waals surface area contributed by atoms with Gasteiger partial charge in [-0.3, -0.25) is 4.79 Å². The molecule has 3 heteroatoms. The van der Waals surface area contributed by atoms with Crippen LogP contribution in [0.25, 0.3) is 0 Å². The molecule has 102 valence electrons. The predicted molar refractivity (Wildman–Crippen MR) is 80.5 cm³/mol. The maximum atomic E-state index is 12.6. The summed E-state index contributed by atoms with van der Waals surface area (Å²) in [5, 5.41) is 0. The van der Waals surface area contributed by atoms with Crippen molar-refractivity contribution in [2.24, 2.45) is 0 Å². The van der Waals surface area contributed by atoms with Gasteiger partial charge in [0.1, 0.15) is 0 Å². The summed E-state index contributed by atoms with van der Waals surface area (Å²) in [6, 6.07) is 15.7. The van der Waals surface area contributed by atoms with Gasteiger partial charge in [-0.05, 0) is 36.1 Å². The molecule has 0 saturated heterocycles. The smallest absolute Gasteiger partial charge is 0.256 e. The Balaban J connectivity index is 1.89. The Morgan fingerprint density at radius 2 is 1.85 bits per heavy atom. The largest absolute Gasteiger partial charge is 0.398 e. The minimum atomic E-state index is -0.00944. The van der Waals surface area contributed by atoms with Gasteiger partial charge in [-0.2, -0.15) is 0 Å². The van der Waals surface area contributed by atoms with Crippen LogP contribution in [0.2, 0.25) is 0 Å². The van der Waals surface area contributed by atoms with Crippen molar-refractivity contribution in [3.8, 4) is 0 Å². The zero-order valence-electron chi connectivity index (χ0n) is 11.5. The van der Waals surface area contributed by atoms with Crippen LogP contribution in [0.4, 0.5) is 5.69 Å². The van der Waals surface area contributed by atoms with Crippen molar-refractivity contribution in [1.29, 1.82) is 0 Å². The fourth-order valence-corrected chi connectivity index (χ4v) is 2.96. The number of nitrogens with zero attached hydrogens (tertiary/aromatic N) is 1. The van der Waals surface area contributed by atoms with Crippen LogP contribution in [0, 0.1) is 0 Å². The second-order valence-corrected chi connectivity index (χ2v) is 5.26. The van der Waals surface area contributed by atoms with E-state index in [0.29, 0.717) is 11.3 Å². The van der Waals surface area contributed by atoms with Gasteiger partial charge in [0, 0.05) is 12.7 Å². The lowest BCUT2D eigenvalue weighted by Gasteiger charge is -2.26. The Bertz CT molecular complexity index is 651. The number of nitrogen functional groups attached to an aromatic ring is 1. The van der Waals surface area contributed by atoms with Gasteiger partial charge >= 0.3 is 0 Å². The molecule has 3 rings (SSSR count). The average molecular weight is 266 g/mol. The number of para-hydroxylation sites is 1. The topological polar surface area (TPSA) is 46.3 Å². The van der Waals surface area contributed by atoms with E-state index in [4.69, 9.17) is 5.73 Å². The molecule has 1 aliphatic carbocycles. The molecule has 1 unspecified atom stereocenters. The Morgan fingerprint density at radius 3 is 2.65 bits per heavy atom. The lowest BCUT2D eigenvalue weighted by Crippen LogP contribution is -2.30. The standard InChI is InChI=1S/C17H18N2O/c1-19(17(20)14-8-4-5-9-15(14)18)16-11-10-12-6-2-3-7-13(12)16/h2-9,16H,10-11,18H2,1H3. The van der Waals surface area contributed by atoms with Gasteiger partial charge in [0.2, 0.25) is 0 Å². The fraction of sp³-hybridized carbons (Fsp3) is 0.235. The number of carbonyl (C=O) groups excluding carboxylic acids is 1. The molecule has 2 N–H and O–H groups in total. The number of aryl methyl sites for hydroxylation is 1. The first kappa shape index (κ1) is 12.7. The van der Waals surface area contributed by atoms with E-state index < -0.39 is 0 Å². The molecule has 0 aliphatic heterocycles. The number of amides is 1. The van der Waals surface area contributed by atoms with E-state index in [-0.39, 0.29) is 11.9 Å². The van der Waals surface area contributed by atoms with Gasteiger partial charge in [-0.15, -0.1) is 0 Å². The normalized spacial score (nSPS) is 16.8. The maximum absolute atomic E-state index is 12.6. The van der Waals surface area contributed by atoms with Gasteiger partial charge in [-0.1, -0.05) is 36.4 Å². The summed E-state index contributed by atoms with van der Waals surface area (Å²) in [5.74, 6) is -0.00944. The van der Waals surface area contributed by atoms with Crippen molar-refractivity contribution < 1.29 is 4.79 Å². The Labute approximate surface area is 119 Å². The predicted octanol–water partition coefficient (Wildman–Crippen LogP) is 3.03. The second-order valence-electron chi connectivity index (χ2n) is 5.26. The van der Waals surface area contributed by atoms with E-state index >= 15 is 0 Å². The highest BCUT2D eigenvalue weighted by Crippen LogP contribution is 2.35. The summed E-state index contributed by atoms with van der Waals surface area (Å²) in [6.45, 7) is 0. The van der Waals surface area contributed by atoms with Crippen molar-refractivity contribution in [2.45, 2.75) is 18.9 Å². The van der Waals surface area contributed by atoms with Crippen molar-refractivity contribution >= 4 is 11.6 Å². The average Bonchev–Trinajstić information content (AvgIpc) is 2.90. The zero-order chi connectivity index (χ0) is 14.1. The highest BCUT2D eigenvalue weighted by atomic mass is 16.2. The molecule has 20 heavy (non-hydrogen) atoms. The summed E-state index contributed by atoms with van der Waals surface area (Å²) in [6.07, 6.45) is 2.01. The Hall–Kier alpha value is -2.29. The third kappa shape index (κ3) is 2.05. The minimum absolute atomic E-state index is 0.00944. The first-order chi connectivity index (χ1) is 9.68. The molecule has 2 aromatic carbocycles. The molecule has 0 radical (unpaired) electrons. The number of anilines is 1. The molecule has 1 aliphatic rings. The van der Waals surface area contributed by atoms with Crippen LogP contribution in [-0.4, -0.2) is 17.9 Å². The molecular formula is C17H18N2O. The number of fused-ring (bicyclic) bond motifs is 1. The molecule has 0 bridgehead atoms. The highest BCUT2D eigenvalue weighted by molar-refractivity contribution is 5.99. The first-order valence-electron chi connectivity index (χ1n) is 6.88. The molecule has 0 fully saturated rings. The van der Waals surface area contributed by atoms with Crippen molar-refractivity contribution in [2.75, 3.05) is 12.8 Å². The van der Waals surface area contributed by atoms with Crippen molar-refractivity contribution in [3.63, 3.8) is 0 Å². The molecule has 3 nitrogen and oxygen atoms in total. The summed E-state index contributed by atoms with van der Waals surface area (Å²) in [7, 11) is 1.86. The summed E-state index contributed by atoms with van der Waals surface area (Å²) in [5.41, 5.74) is 9.63. The van der Waals surface area contributed by atoms with Crippen LogP contribution in [0.5, 0.6) is 0 Å². The van der Waals surface area contributed by atoms with E-state index in [1.54, 1.807) is 12.1 Å². The summed E-state index contributed by atoms with van der Waals surface area (Å²) >= 11 is 0. The fourth-order valence-electron chi connectivity index (χ4n) is 2.96. The lowest BCUT2D eigenvalue weighted by atomic mass is 10.1. The van der Waals surface area contributed by atoms with Gasteiger partial charge in [0.25, 0.3) is 5.91 Å².